The molecule has 2 saturated carbocycles. The first-order valence-electron chi connectivity index (χ1n) is 7.74. The Morgan fingerprint density at radius 3 is 2.53 bits per heavy atom. The molecule has 2 aliphatic carbocycles. The highest BCUT2D eigenvalue weighted by Crippen LogP contribution is 2.51. The van der Waals surface area contributed by atoms with E-state index in [0.717, 1.165) is 18.1 Å². The molecule has 3 aliphatic rings. The zero-order chi connectivity index (χ0) is 11.6. The Bertz CT molecular complexity index is 241. The summed E-state index contributed by atoms with van der Waals surface area (Å²) in [5, 5.41) is 3.83. The van der Waals surface area contributed by atoms with Crippen LogP contribution in [0.25, 0.3) is 0 Å². The first-order chi connectivity index (χ1) is 8.39. The summed E-state index contributed by atoms with van der Waals surface area (Å²) in [4.78, 5) is 0. The lowest BCUT2D eigenvalue weighted by Gasteiger charge is -2.52. The lowest BCUT2D eigenvalue weighted by atomic mass is 9.57. The van der Waals surface area contributed by atoms with Crippen molar-refractivity contribution in [3.63, 3.8) is 0 Å². The van der Waals surface area contributed by atoms with E-state index >= 15 is 0 Å². The molecule has 0 aromatic heterocycles. The van der Waals surface area contributed by atoms with Crippen LogP contribution in [0.4, 0.5) is 0 Å². The van der Waals surface area contributed by atoms with Gasteiger partial charge in [0, 0.05) is 12.6 Å². The Hall–Kier alpha value is -0.0800. The highest BCUT2D eigenvalue weighted by molar-refractivity contribution is 5.01. The van der Waals surface area contributed by atoms with Crippen LogP contribution in [-0.2, 0) is 4.74 Å². The van der Waals surface area contributed by atoms with E-state index < -0.39 is 0 Å². The summed E-state index contributed by atoms with van der Waals surface area (Å²) in [6, 6.07) is 0.837. The molecule has 2 heteroatoms. The molecule has 98 valence electrons. The van der Waals surface area contributed by atoms with Crippen molar-refractivity contribution >= 4 is 0 Å². The Balaban J connectivity index is 1.39. The molecular weight excluding hydrogens is 210 g/mol. The van der Waals surface area contributed by atoms with Gasteiger partial charge >= 0.3 is 0 Å². The van der Waals surface area contributed by atoms with Crippen LogP contribution in [0.15, 0.2) is 0 Å². The minimum atomic E-state index is 0.560. The first kappa shape index (κ1) is 12.0. The Labute approximate surface area is 105 Å². The fraction of sp³-hybridized carbons (Fsp3) is 1.00. The van der Waals surface area contributed by atoms with Crippen LogP contribution in [0.2, 0.25) is 0 Å². The van der Waals surface area contributed by atoms with Gasteiger partial charge in [0.05, 0.1) is 6.10 Å². The molecule has 2 unspecified atom stereocenters. The largest absolute Gasteiger partial charge is 0.378 e. The highest BCUT2D eigenvalue weighted by Gasteiger charge is 2.46. The second kappa shape index (κ2) is 5.27. The van der Waals surface area contributed by atoms with Crippen molar-refractivity contribution in [1.82, 2.24) is 5.32 Å². The fourth-order valence-electron chi connectivity index (χ4n) is 4.16. The molecule has 17 heavy (non-hydrogen) atoms. The Kier molecular flexibility index (Phi) is 3.72. The first-order valence-corrected chi connectivity index (χ1v) is 7.74. The maximum absolute atomic E-state index is 5.68. The van der Waals surface area contributed by atoms with Crippen LogP contribution < -0.4 is 5.32 Å². The van der Waals surface area contributed by atoms with Crippen LogP contribution in [0.3, 0.4) is 0 Å². The summed E-state index contributed by atoms with van der Waals surface area (Å²) in [7, 11) is 0. The third kappa shape index (κ3) is 2.53. The highest BCUT2D eigenvalue weighted by atomic mass is 16.5. The van der Waals surface area contributed by atoms with Gasteiger partial charge in [-0.2, -0.15) is 0 Å². The lowest BCUT2D eigenvalue weighted by molar-refractivity contribution is 0.0200. The molecule has 0 amide bonds. The summed E-state index contributed by atoms with van der Waals surface area (Å²) in [6.07, 6.45) is 14.7. The maximum atomic E-state index is 5.68. The zero-order valence-corrected chi connectivity index (χ0v) is 11.0. The van der Waals surface area contributed by atoms with E-state index in [9.17, 15) is 0 Å². The molecular formula is C15H27NO. The molecule has 0 bridgehead atoms. The minimum Gasteiger partial charge on any atom is -0.378 e. The fourth-order valence-corrected chi connectivity index (χ4v) is 4.16. The van der Waals surface area contributed by atoms with Crippen molar-refractivity contribution < 1.29 is 4.74 Å². The van der Waals surface area contributed by atoms with Crippen LogP contribution in [-0.4, -0.2) is 25.3 Å². The number of hydrogen-bond acceptors (Lipinski definition) is 2. The summed E-state index contributed by atoms with van der Waals surface area (Å²) < 4.78 is 5.68. The van der Waals surface area contributed by atoms with Gasteiger partial charge in [-0.3, -0.25) is 0 Å². The number of rotatable bonds is 4. The summed E-state index contributed by atoms with van der Waals surface area (Å²) in [6.45, 7) is 2.18. The van der Waals surface area contributed by atoms with E-state index in [1.54, 1.807) is 0 Å². The second-order valence-corrected chi connectivity index (χ2v) is 6.39. The van der Waals surface area contributed by atoms with Gasteiger partial charge in [-0.15, -0.1) is 0 Å². The number of ether oxygens (including phenoxy) is 1. The van der Waals surface area contributed by atoms with E-state index in [4.69, 9.17) is 4.74 Å². The number of hydrogen-bond donors (Lipinski definition) is 1. The van der Waals surface area contributed by atoms with E-state index in [1.165, 1.54) is 70.8 Å². The van der Waals surface area contributed by atoms with Gasteiger partial charge in [0.1, 0.15) is 0 Å². The summed E-state index contributed by atoms with van der Waals surface area (Å²) in [5.74, 6) is 0. The van der Waals surface area contributed by atoms with Gasteiger partial charge < -0.3 is 10.1 Å². The van der Waals surface area contributed by atoms with Crippen LogP contribution in [0, 0.1) is 5.41 Å². The van der Waals surface area contributed by atoms with E-state index in [2.05, 4.69) is 5.32 Å². The van der Waals surface area contributed by atoms with Gasteiger partial charge in [-0.1, -0.05) is 19.3 Å². The average molecular weight is 237 g/mol. The molecule has 1 heterocycles. The predicted molar refractivity (Wildman–Crippen MR) is 70.1 cm³/mol. The van der Waals surface area contributed by atoms with Crippen molar-refractivity contribution in [2.45, 2.75) is 76.4 Å². The van der Waals surface area contributed by atoms with Crippen LogP contribution >= 0.6 is 0 Å². The molecule has 3 fully saturated rings. The maximum Gasteiger partial charge on any atom is 0.0588 e. The molecule has 1 N–H and O–H groups in total. The summed E-state index contributed by atoms with van der Waals surface area (Å²) >= 11 is 0. The minimum absolute atomic E-state index is 0.560. The Morgan fingerprint density at radius 2 is 1.88 bits per heavy atom. The average Bonchev–Trinajstić information content (AvgIpc) is 2.87. The molecule has 2 atom stereocenters. The smallest absolute Gasteiger partial charge is 0.0588 e. The monoisotopic (exact) mass is 237 g/mol. The normalized spacial score (nSPS) is 36.0. The third-order valence-corrected chi connectivity index (χ3v) is 5.40. The third-order valence-electron chi connectivity index (χ3n) is 5.40. The van der Waals surface area contributed by atoms with Crippen LogP contribution in [0.1, 0.15) is 64.2 Å². The molecule has 0 radical (unpaired) electrons. The summed E-state index contributed by atoms with van der Waals surface area (Å²) in [5.41, 5.74) is 0.717. The van der Waals surface area contributed by atoms with Crippen molar-refractivity contribution in [1.29, 1.82) is 0 Å². The molecule has 1 saturated heterocycles. The van der Waals surface area contributed by atoms with Crippen molar-refractivity contribution in [2.24, 2.45) is 5.41 Å². The van der Waals surface area contributed by atoms with E-state index in [0.29, 0.717) is 6.10 Å². The van der Waals surface area contributed by atoms with Gasteiger partial charge in [0.15, 0.2) is 0 Å². The molecule has 0 aromatic carbocycles. The molecule has 2 nitrogen and oxygen atoms in total. The quantitative estimate of drug-likeness (QED) is 0.810. The molecule has 1 aliphatic heterocycles. The van der Waals surface area contributed by atoms with E-state index in [-0.39, 0.29) is 0 Å². The van der Waals surface area contributed by atoms with Crippen molar-refractivity contribution in [3.8, 4) is 0 Å². The van der Waals surface area contributed by atoms with E-state index in [1.807, 2.05) is 0 Å². The van der Waals surface area contributed by atoms with Crippen molar-refractivity contribution in [2.75, 3.05) is 13.2 Å². The predicted octanol–water partition coefficient (Wildman–Crippen LogP) is 3.26. The molecule has 0 aromatic rings. The van der Waals surface area contributed by atoms with Gasteiger partial charge in [0.2, 0.25) is 0 Å². The zero-order valence-electron chi connectivity index (χ0n) is 11.0. The molecule has 1 spiro atoms. The number of nitrogens with one attached hydrogen (secondary N) is 1. The second-order valence-electron chi connectivity index (χ2n) is 6.39. The van der Waals surface area contributed by atoms with Gasteiger partial charge in [-0.25, -0.2) is 0 Å². The topological polar surface area (TPSA) is 21.3 Å². The van der Waals surface area contributed by atoms with Gasteiger partial charge in [-0.05, 0) is 56.9 Å². The SMILES string of the molecule is C1CCC2(CC1)CCC2NCCC1CCCO1. The standard InChI is InChI=1S/C15H27NO/c1-2-8-15(9-3-1)10-6-14(15)16-11-7-13-5-4-12-17-13/h13-14,16H,1-12H2. The van der Waals surface area contributed by atoms with Crippen molar-refractivity contribution in [3.05, 3.63) is 0 Å². The van der Waals surface area contributed by atoms with Crippen LogP contribution in [0.5, 0.6) is 0 Å². The lowest BCUT2D eigenvalue weighted by Crippen LogP contribution is -2.54. The molecule has 3 rings (SSSR count). The van der Waals surface area contributed by atoms with Gasteiger partial charge in [0.25, 0.3) is 0 Å². The Morgan fingerprint density at radius 1 is 1.00 bits per heavy atom.